The Bertz CT molecular complexity index is 519. The zero-order valence-corrected chi connectivity index (χ0v) is 19.1. The average Bonchev–Trinajstić information content (AvgIpc) is 2.84. The number of carbonyl (C=O) groups is 1. The van der Waals surface area contributed by atoms with E-state index in [9.17, 15) is 9.35 Å². The van der Waals surface area contributed by atoms with Gasteiger partial charge >= 0.3 is 6.09 Å². The van der Waals surface area contributed by atoms with Crippen LogP contribution < -0.4 is 4.72 Å². The van der Waals surface area contributed by atoms with E-state index in [1.165, 1.54) is 0 Å². The lowest BCUT2D eigenvalue weighted by atomic mass is 9.72. The van der Waals surface area contributed by atoms with Crippen LogP contribution in [-0.2, 0) is 20.8 Å². The third kappa shape index (κ3) is 5.52. The maximum atomic E-state index is 12.8. The Morgan fingerprint density at radius 1 is 1.22 bits per heavy atom. The molecule has 158 valence electrons. The number of hydrogen-bond donors (Lipinski definition) is 1. The van der Waals surface area contributed by atoms with Crippen molar-refractivity contribution in [2.45, 2.75) is 90.7 Å². The second-order valence-corrected chi connectivity index (χ2v) is 12.3. The molecule has 2 heterocycles. The lowest BCUT2D eigenvalue weighted by Gasteiger charge is -2.43. The molecule has 6 nitrogen and oxygen atoms in total. The summed E-state index contributed by atoms with van der Waals surface area (Å²) >= 11 is -1.16. The zero-order valence-electron chi connectivity index (χ0n) is 18.3. The van der Waals surface area contributed by atoms with Crippen molar-refractivity contribution in [2.24, 2.45) is 11.3 Å². The Kier molecular flexibility index (Phi) is 6.83. The first-order valence-electron chi connectivity index (χ1n) is 10.0. The van der Waals surface area contributed by atoms with E-state index in [1.807, 2.05) is 41.5 Å². The predicted octanol–water partition coefficient (Wildman–Crippen LogP) is 3.48. The minimum absolute atomic E-state index is 0.0262. The summed E-state index contributed by atoms with van der Waals surface area (Å²) in [5, 5.41) is 0. The summed E-state index contributed by atoms with van der Waals surface area (Å²) in [4.78, 5) is 14.2. The van der Waals surface area contributed by atoms with Crippen LogP contribution in [0, 0.1) is 11.3 Å². The summed E-state index contributed by atoms with van der Waals surface area (Å²) in [6.45, 7) is 17.8. The molecule has 0 bridgehead atoms. The molecule has 27 heavy (non-hydrogen) atoms. The summed E-state index contributed by atoms with van der Waals surface area (Å²) in [5.41, 5.74) is -0.576. The minimum atomic E-state index is -1.16. The Labute approximate surface area is 168 Å². The molecule has 2 saturated heterocycles. The fourth-order valence-corrected chi connectivity index (χ4v) is 4.74. The third-order valence-corrected chi connectivity index (χ3v) is 6.99. The van der Waals surface area contributed by atoms with Crippen molar-refractivity contribution in [1.29, 1.82) is 0 Å². The number of piperidine rings is 1. The maximum Gasteiger partial charge on any atom is 0.410 e. The number of nitrogens with one attached hydrogen (secondary N) is 1. The largest absolute Gasteiger partial charge is 0.598 e. The Morgan fingerprint density at radius 3 is 2.22 bits per heavy atom. The molecule has 2 rings (SSSR count). The van der Waals surface area contributed by atoms with Gasteiger partial charge in [-0.1, -0.05) is 13.8 Å². The molecule has 0 aromatic rings. The van der Waals surface area contributed by atoms with Crippen LogP contribution in [0.1, 0.15) is 68.2 Å². The lowest BCUT2D eigenvalue weighted by Crippen LogP contribution is -2.58. The number of ether oxygens (including phenoxy) is 2. The fourth-order valence-electron chi connectivity index (χ4n) is 3.77. The number of likely N-dealkylation sites (tertiary alicyclic amines) is 1. The Hall–Kier alpha value is -0.500. The van der Waals surface area contributed by atoms with Crippen LogP contribution in [0.15, 0.2) is 0 Å². The first-order valence-corrected chi connectivity index (χ1v) is 11.2. The molecule has 7 heteroatoms. The fraction of sp³-hybridized carbons (Fsp3) is 0.950. The number of amides is 1. The van der Waals surface area contributed by atoms with Crippen LogP contribution in [0.3, 0.4) is 0 Å². The number of nitrogens with zero attached hydrogens (tertiary/aromatic N) is 1. The first-order chi connectivity index (χ1) is 12.3. The number of carbonyl (C=O) groups excluding carboxylic acids is 1. The van der Waals surface area contributed by atoms with E-state index in [1.54, 1.807) is 4.90 Å². The topological polar surface area (TPSA) is 73.9 Å². The van der Waals surface area contributed by atoms with Gasteiger partial charge in [-0.05, 0) is 60.3 Å². The Morgan fingerprint density at radius 2 is 1.78 bits per heavy atom. The normalized spacial score (nSPS) is 27.3. The lowest BCUT2D eigenvalue weighted by molar-refractivity contribution is 0.00617. The minimum Gasteiger partial charge on any atom is -0.598 e. The van der Waals surface area contributed by atoms with Crippen LogP contribution in [0.2, 0.25) is 0 Å². The van der Waals surface area contributed by atoms with Gasteiger partial charge in [0.2, 0.25) is 0 Å². The number of hydrogen-bond acceptors (Lipinski definition) is 5. The highest BCUT2D eigenvalue weighted by molar-refractivity contribution is 7.90. The third-order valence-electron chi connectivity index (χ3n) is 5.41. The second-order valence-electron chi connectivity index (χ2n) is 10.3. The molecule has 0 saturated carbocycles. The van der Waals surface area contributed by atoms with E-state index < -0.39 is 17.0 Å². The summed E-state index contributed by atoms with van der Waals surface area (Å²) in [5.74, 6) is 0.336. The van der Waals surface area contributed by atoms with Crippen molar-refractivity contribution >= 4 is 17.5 Å². The molecule has 1 unspecified atom stereocenters. The average molecular weight is 403 g/mol. The van der Waals surface area contributed by atoms with Crippen LogP contribution >= 0.6 is 0 Å². The molecule has 1 amide bonds. The van der Waals surface area contributed by atoms with Crippen LogP contribution in [0.4, 0.5) is 4.79 Å². The SMILES string of the molecule is CC(C)[C@@H]1OCC2(CCN(C(=O)OC(C)(C)C)CC2)[C@@H]1N[S+]([O-])C(C)(C)C. The van der Waals surface area contributed by atoms with Gasteiger partial charge < -0.3 is 18.9 Å². The van der Waals surface area contributed by atoms with Crippen LogP contribution in [0.5, 0.6) is 0 Å². The molecule has 0 aromatic carbocycles. The van der Waals surface area contributed by atoms with E-state index in [0.717, 1.165) is 12.8 Å². The van der Waals surface area contributed by atoms with E-state index in [-0.39, 0.29) is 28.4 Å². The van der Waals surface area contributed by atoms with E-state index in [4.69, 9.17) is 9.47 Å². The molecule has 0 aromatic heterocycles. The molecule has 1 N–H and O–H groups in total. The predicted molar refractivity (Wildman–Crippen MR) is 109 cm³/mol. The molecule has 0 aliphatic carbocycles. The van der Waals surface area contributed by atoms with Crippen molar-refractivity contribution in [1.82, 2.24) is 9.62 Å². The molecular formula is C20H38N2O4S. The van der Waals surface area contributed by atoms with Crippen molar-refractivity contribution in [3.05, 3.63) is 0 Å². The quantitative estimate of drug-likeness (QED) is 0.732. The highest BCUT2D eigenvalue weighted by Gasteiger charge is 2.54. The van der Waals surface area contributed by atoms with Gasteiger partial charge in [-0.25, -0.2) is 4.79 Å². The first kappa shape index (κ1) is 22.8. The van der Waals surface area contributed by atoms with E-state index >= 15 is 0 Å². The van der Waals surface area contributed by atoms with Gasteiger partial charge in [-0.3, -0.25) is 0 Å². The van der Waals surface area contributed by atoms with Gasteiger partial charge in [0, 0.05) is 29.9 Å². The molecular weight excluding hydrogens is 364 g/mol. The number of rotatable bonds is 3. The molecule has 3 atom stereocenters. The van der Waals surface area contributed by atoms with Gasteiger partial charge in [0.1, 0.15) is 10.3 Å². The van der Waals surface area contributed by atoms with E-state index in [0.29, 0.717) is 25.6 Å². The van der Waals surface area contributed by atoms with Crippen LogP contribution in [0.25, 0.3) is 0 Å². The Balaban J connectivity index is 2.10. The molecule has 2 aliphatic rings. The van der Waals surface area contributed by atoms with Gasteiger partial charge in [-0.2, -0.15) is 0 Å². The standard InChI is InChI=1S/C20H38N2O4S/c1-14(2)15-16(21-27(24)19(6,7)8)20(13-25-15)9-11-22(12-10-20)17(23)26-18(3,4)5/h14-16,21H,9-13H2,1-8H3/t15-,16+,27?/m0/s1. The highest BCUT2D eigenvalue weighted by Crippen LogP contribution is 2.45. The highest BCUT2D eigenvalue weighted by atomic mass is 32.2. The second kappa shape index (κ2) is 8.09. The van der Waals surface area contributed by atoms with Gasteiger partial charge in [0.15, 0.2) is 0 Å². The van der Waals surface area contributed by atoms with Crippen molar-refractivity contribution in [3.8, 4) is 0 Å². The van der Waals surface area contributed by atoms with Gasteiger partial charge in [-0.15, -0.1) is 4.72 Å². The monoisotopic (exact) mass is 402 g/mol. The van der Waals surface area contributed by atoms with Gasteiger partial charge in [0.05, 0.1) is 18.8 Å². The van der Waals surface area contributed by atoms with Crippen molar-refractivity contribution in [3.63, 3.8) is 0 Å². The summed E-state index contributed by atoms with van der Waals surface area (Å²) in [6, 6.07) is 0.0262. The summed E-state index contributed by atoms with van der Waals surface area (Å²) in [7, 11) is 0. The zero-order chi connectivity index (χ0) is 20.6. The molecule has 2 aliphatic heterocycles. The smallest absolute Gasteiger partial charge is 0.410 e. The molecule has 0 radical (unpaired) electrons. The van der Waals surface area contributed by atoms with Crippen molar-refractivity contribution in [2.75, 3.05) is 19.7 Å². The summed E-state index contributed by atoms with van der Waals surface area (Å²) in [6.07, 6.45) is 1.44. The van der Waals surface area contributed by atoms with Crippen molar-refractivity contribution < 1.29 is 18.8 Å². The van der Waals surface area contributed by atoms with E-state index in [2.05, 4.69) is 18.6 Å². The summed E-state index contributed by atoms with van der Waals surface area (Å²) < 4.78 is 27.6. The van der Waals surface area contributed by atoms with Crippen LogP contribution in [-0.4, -0.2) is 57.7 Å². The van der Waals surface area contributed by atoms with Gasteiger partial charge in [0.25, 0.3) is 0 Å². The maximum absolute atomic E-state index is 12.8. The molecule has 1 spiro atoms. The molecule has 2 fully saturated rings.